The van der Waals surface area contributed by atoms with E-state index in [4.69, 9.17) is 10.5 Å². The van der Waals surface area contributed by atoms with Crippen molar-refractivity contribution in [3.8, 4) is 0 Å². The Morgan fingerprint density at radius 2 is 1.78 bits per heavy atom. The zero-order chi connectivity index (χ0) is 19.3. The minimum Gasteiger partial charge on any atom is -0.444 e. The number of ether oxygens (including phenoxy) is 1. The van der Waals surface area contributed by atoms with Gasteiger partial charge in [0.25, 0.3) is 0 Å². The number of hydrogen-bond acceptors (Lipinski definition) is 4. The smallest absolute Gasteiger partial charge is 0.410 e. The average molecular weight is 489 g/mol. The van der Waals surface area contributed by atoms with Crippen LogP contribution in [0.1, 0.15) is 26.3 Å². The largest absolute Gasteiger partial charge is 0.444 e. The number of piperazine rings is 1. The Bertz CT molecular complexity index is 650. The fraction of sp³-hybridized carbons (Fsp3) is 0.579. The summed E-state index contributed by atoms with van der Waals surface area (Å²) in [5, 5.41) is 0. The number of hydrogen-bond donors (Lipinski definition) is 1. The molecule has 1 aromatic carbocycles. The number of rotatable bonds is 3. The van der Waals surface area contributed by atoms with Crippen molar-refractivity contribution in [2.75, 3.05) is 45.2 Å². The lowest BCUT2D eigenvalue weighted by Gasteiger charge is -2.36. The number of nitrogens with two attached hydrogens (primary N) is 1. The van der Waals surface area contributed by atoms with E-state index in [9.17, 15) is 4.79 Å². The van der Waals surface area contributed by atoms with E-state index in [2.05, 4.69) is 22.0 Å². The molecule has 0 aliphatic carbocycles. The molecule has 0 radical (unpaired) electrons. The Morgan fingerprint density at radius 1 is 1.19 bits per heavy atom. The van der Waals surface area contributed by atoms with E-state index in [1.54, 1.807) is 4.90 Å². The summed E-state index contributed by atoms with van der Waals surface area (Å²) in [5.41, 5.74) is 7.93. The Kier molecular flexibility index (Phi) is 8.64. The van der Waals surface area contributed by atoms with Crippen molar-refractivity contribution in [3.63, 3.8) is 0 Å². The monoisotopic (exact) mass is 489 g/mol. The molecule has 1 heterocycles. The van der Waals surface area contributed by atoms with Gasteiger partial charge < -0.3 is 25.2 Å². The number of aliphatic imine (C=N–C) groups is 1. The van der Waals surface area contributed by atoms with Gasteiger partial charge in [-0.2, -0.15) is 0 Å². The van der Waals surface area contributed by atoms with Crippen LogP contribution in [0, 0.1) is 0 Å². The van der Waals surface area contributed by atoms with E-state index in [0.717, 1.165) is 11.3 Å². The summed E-state index contributed by atoms with van der Waals surface area (Å²) < 4.78 is 5.41. The SMILES string of the molecule is CN(C)c1cccc(CN=C(N)N2CCN(C(=O)OC(C)(C)C)CC2)c1.I. The molecule has 1 aliphatic heterocycles. The fourth-order valence-electron chi connectivity index (χ4n) is 2.65. The standard InChI is InChI=1S/C19H31N5O2.HI/c1-19(2,3)26-18(25)24-11-9-23(10-12-24)17(20)21-14-15-7-6-8-16(13-15)22(4)5;/h6-8,13H,9-12,14H2,1-5H3,(H2,20,21);1H. The van der Waals surface area contributed by atoms with Gasteiger partial charge in [-0.25, -0.2) is 9.79 Å². The number of guanidine groups is 1. The predicted octanol–water partition coefficient (Wildman–Crippen LogP) is 2.74. The van der Waals surface area contributed by atoms with Gasteiger partial charge in [0.2, 0.25) is 0 Å². The predicted molar refractivity (Wildman–Crippen MR) is 121 cm³/mol. The first-order valence-corrected chi connectivity index (χ1v) is 8.95. The normalized spacial score (nSPS) is 15.2. The van der Waals surface area contributed by atoms with Crippen molar-refractivity contribution in [2.24, 2.45) is 10.7 Å². The Hall–Kier alpha value is -1.71. The highest BCUT2D eigenvalue weighted by atomic mass is 127. The number of benzene rings is 1. The molecule has 1 aromatic rings. The summed E-state index contributed by atoms with van der Waals surface area (Å²) in [5.74, 6) is 0.518. The molecule has 27 heavy (non-hydrogen) atoms. The number of amides is 1. The van der Waals surface area contributed by atoms with Gasteiger partial charge in [0.15, 0.2) is 5.96 Å². The number of carbonyl (C=O) groups is 1. The minimum absolute atomic E-state index is 0. The maximum absolute atomic E-state index is 12.1. The zero-order valence-corrected chi connectivity index (χ0v) is 19.3. The van der Waals surface area contributed by atoms with Crippen molar-refractivity contribution in [3.05, 3.63) is 29.8 Å². The van der Waals surface area contributed by atoms with Gasteiger partial charge in [-0.15, -0.1) is 24.0 Å². The van der Waals surface area contributed by atoms with Crippen LogP contribution in [0.25, 0.3) is 0 Å². The average Bonchev–Trinajstić information content (AvgIpc) is 2.58. The lowest BCUT2D eigenvalue weighted by Crippen LogP contribution is -2.53. The van der Waals surface area contributed by atoms with E-state index >= 15 is 0 Å². The summed E-state index contributed by atoms with van der Waals surface area (Å²) in [6.07, 6.45) is -0.270. The molecule has 0 atom stereocenters. The minimum atomic E-state index is -0.476. The van der Waals surface area contributed by atoms with Crippen LogP contribution >= 0.6 is 24.0 Å². The molecule has 1 saturated heterocycles. The van der Waals surface area contributed by atoms with Gasteiger partial charge in [-0.1, -0.05) is 12.1 Å². The topological polar surface area (TPSA) is 74.4 Å². The maximum atomic E-state index is 12.1. The molecule has 1 aliphatic rings. The first kappa shape index (κ1) is 23.3. The van der Waals surface area contributed by atoms with Crippen molar-refractivity contribution in [2.45, 2.75) is 32.9 Å². The summed E-state index contributed by atoms with van der Waals surface area (Å²) in [6, 6.07) is 8.24. The molecule has 2 rings (SSSR count). The van der Waals surface area contributed by atoms with Gasteiger partial charge in [-0.05, 0) is 38.5 Å². The molecule has 1 amide bonds. The van der Waals surface area contributed by atoms with Crippen molar-refractivity contribution in [1.29, 1.82) is 0 Å². The van der Waals surface area contributed by atoms with Crippen LogP contribution in [0.4, 0.5) is 10.5 Å². The number of carbonyl (C=O) groups excluding carboxylic acids is 1. The molecular formula is C19H32IN5O2. The van der Waals surface area contributed by atoms with Gasteiger partial charge in [0.1, 0.15) is 5.60 Å². The second-order valence-electron chi connectivity index (χ2n) is 7.69. The Morgan fingerprint density at radius 3 is 2.33 bits per heavy atom. The van der Waals surface area contributed by atoms with Gasteiger partial charge >= 0.3 is 6.09 Å². The molecule has 8 heteroatoms. The van der Waals surface area contributed by atoms with Gasteiger partial charge in [0, 0.05) is 46.0 Å². The zero-order valence-electron chi connectivity index (χ0n) is 16.9. The fourth-order valence-corrected chi connectivity index (χ4v) is 2.65. The number of nitrogens with zero attached hydrogens (tertiary/aromatic N) is 4. The molecule has 0 saturated carbocycles. The third kappa shape index (κ3) is 7.43. The van der Waals surface area contributed by atoms with Crippen molar-refractivity contribution in [1.82, 2.24) is 9.80 Å². The first-order valence-electron chi connectivity index (χ1n) is 8.95. The molecule has 0 bridgehead atoms. The third-order valence-corrected chi connectivity index (χ3v) is 4.11. The lowest BCUT2D eigenvalue weighted by atomic mass is 10.2. The summed E-state index contributed by atoms with van der Waals surface area (Å²) in [7, 11) is 4.03. The molecule has 1 fully saturated rings. The van der Waals surface area contributed by atoms with E-state index < -0.39 is 5.60 Å². The molecule has 7 nitrogen and oxygen atoms in total. The van der Waals surface area contributed by atoms with E-state index in [0.29, 0.717) is 38.7 Å². The van der Waals surface area contributed by atoms with Crippen molar-refractivity contribution >= 4 is 41.7 Å². The Labute approximate surface area is 179 Å². The van der Waals surface area contributed by atoms with Crippen LogP contribution in [-0.2, 0) is 11.3 Å². The molecule has 152 valence electrons. The lowest BCUT2D eigenvalue weighted by molar-refractivity contribution is 0.0186. The van der Waals surface area contributed by atoms with Gasteiger partial charge in [-0.3, -0.25) is 0 Å². The number of anilines is 1. The highest BCUT2D eigenvalue weighted by Gasteiger charge is 2.26. The van der Waals surface area contributed by atoms with Gasteiger partial charge in [0.05, 0.1) is 6.54 Å². The molecule has 0 aromatic heterocycles. The second-order valence-corrected chi connectivity index (χ2v) is 7.69. The van der Waals surface area contributed by atoms with Crippen LogP contribution in [-0.4, -0.2) is 67.7 Å². The van der Waals surface area contributed by atoms with Crippen molar-refractivity contribution < 1.29 is 9.53 Å². The summed E-state index contributed by atoms with van der Waals surface area (Å²) in [6.45, 7) is 8.65. The van der Waals surface area contributed by atoms with E-state index in [1.807, 2.05) is 51.9 Å². The third-order valence-electron chi connectivity index (χ3n) is 4.11. The first-order chi connectivity index (χ1) is 12.2. The Balaban J connectivity index is 0.00000364. The van der Waals surface area contributed by atoms with Crippen LogP contribution in [0.2, 0.25) is 0 Å². The highest BCUT2D eigenvalue weighted by Crippen LogP contribution is 2.15. The molecule has 0 unspecified atom stereocenters. The second kappa shape index (κ2) is 10.0. The molecule has 2 N–H and O–H groups in total. The van der Waals surface area contributed by atoms with Crippen LogP contribution < -0.4 is 10.6 Å². The molecule has 0 spiro atoms. The van der Waals surface area contributed by atoms with E-state index in [1.165, 1.54) is 0 Å². The summed E-state index contributed by atoms with van der Waals surface area (Å²) in [4.78, 5) is 22.4. The highest BCUT2D eigenvalue weighted by molar-refractivity contribution is 14.0. The molecular weight excluding hydrogens is 457 g/mol. The van der Waals surface area contributed by atoms with Crippen LogP contribution in [0.15, 0.2) is 29.3 Å². The van der Waals surface area contributed by atoms with Crippen LogP contribution in [0.5, 0.6) is 0 Å². The number of halogens is 1. The summed E-state index contributed by atoms with van der Waals surface area (Å²) >= 11 is 0. The van der Waals surface area contributed by atoms with Crippen LogP contribution in [0.3, 0.4) is 0 Å². The quantitative estimate of drug-likeness (QED) is 0.402. The maximum Gasteiger partial charge on any atom is 0.410 e. The van der Waals surface area contributed by atoms with E-state index in [-0.39, 0.29) is 30.1 Å².